The van der Waals surface area contributed by atoms with E-state index in [1.54, 1.807) is 39.6 Å². The third kappa shape index (κ3) is 4.55. The number of ether oxygens (including phenoxy) is 1. The number of carbonyl (C=O) groups excluding carboxylic acids is 1. The quantitative estimate of drug-likeness (QED) is 0.323. The summed E-state index contributed by atoms with van der Waals surface area (Å²) in [6, 6.07) is 0.439. The summed E-state index contributed by atoms with van der Waals surface area (Å²) in [5.74, 6) is 0.701. The number of aromatic nitrogens is 8. The van der Waals surface area contributed by atoms with Crippen molar-refractivity contribution in [1.29, 1.82) is 0 Å². The normalized spacial score (nSPS) is 14.8. The van der Waals surface area contributed by atoms with Gasteiger partial charge in [-0.15, -0.1) is 0 Å². The van der Waals surface area contributed by atoms with Crippen molar-refractivity contribution < 1.29 is 22.7 Å². The highest BCUT2D eigenvalue weighted by atomic mass is 35.5. The Hall–Kier alpha value is -4.40. The van der Waals surface area contributed by atoms with Gasteiger partial charge in [0.2, 0.25) is 11.9 Å². The number of piperidine rings is 1. The molecule has 1 amide bonds. The van der Waals surface area contributed by atoms with E-state index < -0.39 is 17.9 Å². The molecule has 6 heterocycles. The molecule has 5 aromatic heterocycles. The largest absolute Gasteiger partial charge is 0.450 e. The van der Waals surface area contributed by atoms with Crippen LogP contribution in [0.1, 0.15) is 31.5 Å². The van der Waals surface area contributed by atoms with Gasteiger partial charge >= 0.3 is 6.18 Å². The molecule has 16 heteroatoms. The third-order valence-corrected chi connectivity index (χ3v) is 7.20. The first-order valence-corrected chi connectivity index (χ1v) is 12.6. The number of aryl methyl sites for hydroxylation is 1. The van der Waals surface area contributed by atoms with E-state index in [2.05, 4.69) is 30.5 Å². The van der Waals surface area contributed by atoms with Crippen LogP contribution in [-0.2, 0) is 18.0 Å². The average molecular weight is 575 g/mol. The number of rotatable bonds is 5. The second-order valence-electron chi connectivity index (χ2n) is 9.34. The zero-order valence-electron chi connectivity index (χ0n) is 21.2. The number of fused-ring (bicyclic) bond motifs is 2. The van der Waals surface area contributed by atoms with Gasteiger partial charge in [-0.25, -0.2) is 9.50 Å². The summed E-state index contributed by atoms with van der Waals surface area (Å²) in [6.07, 6.45) is 3.88. The first-order valence-electron chi connectivity index (χ1n) is 12.3. The summed E-state index contributed by atoms with van der Waals surface area (Å²) in [6.45, 7) is 2.18. The van der Waals surface area contributed by atoms with Gasteiger partial charge in [0, 0.05) is 45.5 Å². The van der Waals surface area contributed by atoms with Crippen LogP contribution in [0, 0.1) is 0 Å². The molecule has 0 bridgehead atoms. The SMILES string of the molecule is CC(=O)N1CCC(n2nc(Nc3nc4ncc(Oc5cnn6ccncc56)c(Cl)c4n3C)cc2C(F)(F)F)CC1. The third-order valence-electron chi connectivity index (χ3n) is 6.84. The fourth-order valence-electron chi connectivity index (χ4n) is 4.79. The Morgan fingerprint density at radius 1 is 1.18 bits per heavy atom. The van der Waals surface area contributed by atoms with Crippen LogP contribution in [-0.4, -0.2) is 62.8 Å². The molecule has 0 unspecified atom stereocenters. The second-order valence-corrected chi connectivity index (χ2v) is 9.72. The number of carbonyl (C=O) groups is 1. The number of nitrogens with one attached hydrogen (secondary N) is 1. The molecule has 1 saturated heterocycles. The summed E-state index contributed by atoms with van der Waals surface area (Å²) in [5, 5.41) is 11.5. The van der Waals surface area contributed by atoms with E-state index in [-0.39, 0.29) is 34.1 Å². The highest BCUT2D eigenvalue weighted by molar-refractivity contribution is 6.36. The number of nitrogens with zero attached hydrogens (tertiary/aromatic N) is 9. The van der Waals surface area contributed by atoms with Gasteiger partial charge in [0.1, 0.15) is 21.7 Å². The summed E-state index contributed by atoms with van der Waals surface area (Å²) >= 11 is 6.66. The minimum absolute atomic E-state index is 0.0359. The summed E-state index contributed by atoms with van der Waals surface area (Å²) in [5.41, 5.74) is 0.401. The van der Waals surface area contributed by atoms with E-state index in [0.717, 1.165) is 10.7 Å². The Morgan fingerprint density at radius 3 is 2.67 bits per heavy atom. The van der Waals surface area contributed by atoms with E-state index in [1.165, 1.54) is 19.3 Å². The van der Waals surface area contributed by atoms with Gasteiger partial charge in [0.15, 0.2) is 23.0 Å². The van der Waals surface area contributed by atoms with E-state index >= 15 is 0 Å². The van der Waals surface area contributed by atoms with Gasteiger partial charge in [0.05, 0.1) is 24.6 Å². The molecule has 1 aliphatic rings. The molecule has 40 heavy (non-hydrogen) atoms. The fraction of sp³-hybridized carbons (Fsp3) is 0.333. The van der Waals surface area contributed by atoms with Crippen LogP contribution in [0.15, 0.2) is 37.1 Å². The van der Waals surface area contributed by atoms with Crippen molar-refractivity contribution in [1.82, 2.24) is 43.8 Å². The van der Waals surface area contributed by atoms with E-state index in [1.807, 2.05) is 0 Å². The monoisotopic (exact) mass is 574 g/mol. The maximum Gasteiger partial charge on any atom is 0.433 e. The number of likely N-dealkylation sites (tertiary alicyclic amines) is 1. The highest BCUT2D eigenvalue weighted by Crippen LogP contribution is 2.38. The van der Waals surface area contributed by atoms with Crippen LogP contribution in [0.4, 0.5) is 24.9 Å². The van der Waals surface area contributed by atoms with Crippen molar-refractivity contribution in [3.8, 4) is 11.5 Å². The van der Waals surface area contributed by atoms with E-state index in [9.17, 15) is 18.0 Å². The molecule has 0 radical (unpaired) electrons. The molecule has 5 aromatic rings. The van der Waals surface area contributed by atoms with Crippen molar-refractivity contribution in [2.75, 3.05) is 18.4 Å². The standard InChI is InChI=1S/C24H22ClF3N10O2/c1-13(39)36-6-3-14(4-7-36)38-18(24(26,27)28)9-19(34-38)32-23-33-22-21(35(23)2)20(25)17(11-30-22)40-16-12-31-37-8-5-29-10-15(16)37/h5,8-12,14H,3-4,6-7H2,1-2H3,(H,30,32,33,34). The minimum Gasteiger partial charge on any atom is -0.450 e. The van der Waals surface area contributed by atoms with Crippen molar-refractivity contribution in [2.24, 2.45) is 7.05 Å². The van der Waals surface area contributed by atoms with Gasteiger partial charge in [-0.1, -0.05) is 11.6 Å². The zero-order valence-corrected chi connectivity index (χ0v) is 22.0. The van der Waals surface area contributed by atoms with Crippen LogP contribution in [0.3, 0.4) is 0 Å². The first kappa shape index (κ1) is 25.9. The Morgan fingerprint density at radius 2 is 1.95 bits per heavy atom. The topological polar surface area (TPSA) is 120 Å². The lowest BCUT2D eigenvalue weighted by molar-refractivity contribution is -0.146. The molecule has 1 fully saturated rings. The maximum atomic E-state index is 13.9. The minimum atomic E-state index is -4.62. The fourth-order valence-corrected chi connectivity index (χ4v) is 5.09. The predicted octanol–water partition coefficient (Wildman–Crippen LogP) is 4.60. The number of alkyl halides is 3. The molecule has 0 aromatic carbocycles. The molecule has 0 saturated carbocycles. The van der Waals surface area contributed by atoms with E-state index in [0.29, 0.717) is 42.7 Å². The van der Waals surface area contributed by atoms with Gasteiger partial charge in [0.25, 0.3) is 0 Å². The molecular formula is C24H22ClF3N10O2. The van der Waals surface area contributed by atoms with Gasteiger partial charge in [-0.2, -0.15) is 28.4 Å². The summed E-state index contributed by atoms with van der Waals surface area (Å²) in [4.78, 5) is 26.0. The molecule has 0 spiro atoms. The molecule has 0 aliphatic carbocycles. The number of halogens is 4. The molecule has 0 atom stereocenters. The zero-order chi connectivity index (χ0) is 28.2. The van der Waals surface area contributed by atoms with Gasteiger partial charge in [-0.3, -0.25) is 14.5 Å². The smallest absolute Gasteiger partial charge is 0.433 e. The Kier molecular flexibility index (Phi) is 6.24. The van der Waals surface area contributed by atoms with Crippen LogP contribution in [0.5, 0.6) is 11.5 Å². The molecule has 208 valence electrons. The molecule has 12 nitrogen and oxygen atoms in total. The lowest BCUT2D eigenvalue weighted by atomic mass is 10.0. The number of hydrogen-bond donors (Lipinski definition) is 1. The first-order chi connectivity index (χ1) is 19.1. The number of hydrogen-bond acceptors (Lipinski definition) is 8. The summed E-state index contributed by atoms with van der Waals surface area (Å²) < 4.78 is 51.9. The molecule has 1 aliphatic heterocycles. The second kappa shape index (κ2) is 9.66. The lowest BCUT2D eigenvalue weighted by Crippen LogP contribution is -2.38. The number of amides is 1. The van der Waals surface area contributed by atoms with Gasteiger partial charge in [-0.05, 0) is 12.8 Å². The Bertz CT molecular complexity index is 1740. The predicted molar refractivity (Wildman–Crippen MR) is 138 cm³/mol. The van der Waals surface area contributed by atoms with Gasteiger partial charge < -0.3 is 19.5 Å². The lowest BCUT2D eigenvalue weighted by Gasteiger charge is -2.32. The van der Waals surface area contributed by atoms with E-state index in [4.69, 9.17) is 16.3 Å². The average Bonchev–Trinajstić information content (AvgIpc) is 3.62. The molecule has 6 rings (SSSR count). The van der Waals surface area contributed by atoms with Crippen molar-refractivity contribution >= 4 is 46.0 Å². The number of anilines is 2. The molecular weight excluding hydrogens is 553 g/mol. The van der Waals surface area contributed by atoms with Crippen molar-refractivity contribution in [3.05, 3.63) is 47.8 Å². The number of pyridine rings is 1. The Labute approximate surface area is 229 Å². The molecule has 1 N–H and O–H groups in total. The summed E-state index contributed by atoms with van der Waals surface area (Å²) in [7, 11) is 1.65. The van der Waals surface area contributed by atoms with Crippen molar-refractivity contribution in [2.45, 2.75) is 32.0 Å². The number of imidazole rings is 1. The van der Waals surface area contributed by atoms with Crippen LogP contribution >= 0.6 is 11.6 Å². The van der Waals surface area contributed by atoms with Crippen LogP contribution < -0.4 is 10.1 Å². The highest BCUT2D eigenvalue weighted by Gasteiger charge is 2.38. The van der Waals surface area contributed by atoms with Crippen LogP contribution in [0.2, 0.25) is 5.02 Å². The Balaban J connectivity index is 1.29. The maximum absolute atomic E-state index is 13.9. The van der Waals surface area contributed by atoms with Crippen molar-refractivity contribution in [3.63, 3.8) is 0 Å². The van der Waals surface area contributed by atoms with Crippen LogP contribution in [0.25, 0.3) is 16.7 Å².